The fourth-order valence-corrected chi connectivity index (χ4v) is 4.24. The van der Waals surface area contributed by atoms with Crippen molar-refractivity contribution >= 4 is 29.5 Å². The van der Waals surface area contributed by atoms with Crippen LogP contribution in [0.2, 0.25) is 0 Å². The van der Waals surface area contributed by atoms with Gasteiger partial charge >= 0.3 is 0 Å². The lowest BCUT2D eigenvalue weighted by Crippen LogP contribution is -2.59. The minimum atomic E-state index is -1.08. The molecule has 0 spiro atoms. The third kappa shape index (κ3) is 13.8. The van der Waals surface area contributed by atoms with Crippen molar-refractivity contribution in [2.24, 2.45) is 28.9 Å². The van der Waals surface area contributed by atoms with Crippen molar-refractivity contribution in [2.75, 3.05) is 13.1 Å². The molecule has 0 aromatic heterocycles. The lowest BCUT2D eigenvalue weighted by Gasteiger charge is -2.27. The van der Waals surface area contributed by atoms with Crippen LogP contribution in [0.1, 0.15) is 64.9 Å². The molecule has 0 radical (unpaired) electrons. The molecule has 14 heteroatoms. The molecule has 13 N–H and O–H groups in total. The van der Waals surface area contributed by atoms with Gasteiger partial charge in [0.2, 0.25) is 29.5 Å². The second-order valence-electron chi connectivity index (χ2n) is 11.0. The van der Waals surface area contributed by atoms with E-state index in [1.807, 2.05) is 0 Å². The van der Waals surface area contributed by atoms with Crippen molar-refractivity contribution in [3.63, 3.8) is 0 Å². The number of carbonyl (C=O) groups excluding carboxylic acids is 5. The largest absolute Gasteiger partial charge is 0.508 e. The van der Waals surface area contributed by atoms with Crippen molar-refractivity contribution in [3.05, 3.63) is 29.8 Å². The van der Waals surface area contributed by atoms with Gasteiger partial charge in [-0.15, -0.1) is 0 Å². The molecule has 0 aliphatic rings. The van der Waals surface area contributed by atoms with Crippen LogP contribution in [0.3, 0.4) is 0 Å². The van der Waals surface area contributed by atoms with E-state index in [0.717, 1.165) is 0 Å². The number of carbonyl (C=O) groups is 5. The number of aromatic hydroxyl groups is 1. The predicted octanol–water partition coefficient (Wildman–Crippen LogP) is -1.38. The summed E-state index contributed by atoms with van der Waals surface area (Å²) < 4.78 is 0. The molecule has 0 unspecified atom stereocenters. The maximum atomic E-state index is 13.5. The van der Waals surface area contributed by atoms with Crippen LogP contribution in [0.5, 0.6) is 5.75 Å². The van der Waals surface area contributed by atoms with E-state index >= 15 is 0 Å². The number of amides is 5. The molecular weight excluding hydrogens is 556 g/mol. The molecule has 0 saturated heterocycles. The summed E-state index contributed by atoms with van der Waals surface area (Å²) >= 11 is 0. The number of primary amides is 1. The Morgan fingerprint density at radius 1 is 0.698 bits per heavy atom. The molecule has 5 amide bonds. The number of phenolic OH excluding ortho intramolecular Hbond substituents is 1. The Morgan fingerprint density at radius 2 is 1.16 bits per heavy atom. The fraction of sp³-hybridized carbons (Fsp3) is 0.621. The van der Waals surface area contributed by atoms with Crippen LogP contribution in [0.15, 0.2) is 24.3 Å². The standard InChI is InChI=1S/C29H50N8O6/c1-17(2)24(37-26(40)18(3)32)29(43)35-22(9-5-7-15-31)27(41)34-21(8-4-6-14-30)28(42)36-23(25(33)39)16-19-10-12-20(38)13-11-19/h10-13,17-18,21-24,38H,4-9,14-16,30-32H2,1-3H3,(H2,33,39)(H,34,41)(H,35,43)(H,36,42)(H,37,40)/t18-,21-,22-,23-,24-/m0/s1. The van der Waals surface area contributed by atoms with E-state index in [4.69, 9.17) is 22.9 Å². The van der Waals surface area contributed by atoms with Gasteiger partial charge in [0.1, 0.15) is 29.9 Å². The van der Waals surface area contributed by atoms with E-state index < -0.39 is 59.7 Å². The third-order valence-electron chi connectivity index (χ3n) is 6.86. The normalized spacial score (nSPS) is 14.6. The minimum Gasteiger partial charge on any atom is -0.508 e. The summed E-state index contributed by atoms with van der Waals surface area (Å²) in [6.07, 6.45) is 2.77. The van der Waals surface area contributed by atoms with Gasteiger partial charge in [0.15, 0.2) is 0 Å². The smallest absolute Gasteiger partial charge is 0.243 e. The topological polar surface area (TPSA) is 258 Å². The molecule has 0 fully saturated rings. The first-order valence-corrected chi connectivity index (χ1v) is 14.7. The molecule has 0 aliphatic heterocycles. The van der Waals surface area contributed by atoms with Gasteiger partial charge in [-0.05, 0) is 82.2 Å². The van der Waals surface area contributed by atoms with Crippen molar-refractivity contribution in [1.29, 1.82) is 0 Å². The van der Waals surface area contributed by atoms with Crippen LogP contribution in [0, 0.1) is 5.92 Å². The molecule has 1 rings (SSSR count). The third-order valence-corrected chi connectivity index (χ3v) is 6.86. The number of hydrogen-bond acceptors (Lipinski definition) is 9. The molecule has 242 valence electrons. The highest BCUT2D eigenvalue weighted by Crippen LogP contribution is 2.12. The van der Waals surface area contributed by atoms with Gasteiger partial charge in [0.25, 0.3) is 0 Å². The Labute approximate surface area is 253 Å². The van der Waals surface area contributed by atoms with Crippen LogP contribution in [-0.2, 0) is 30.4 Å². The highest BCUT2D eigenvalue weighted by molar-refractivity contribution is 5.95. The average Bonchev–Trinajstić information content (AvgIpc) is 2.94. The number of phenols is 1. The molecule has 43 heavy (non-hydrogen) atoms. The Morgan fingerprint density at radius 3 is 1.58 bits per heavy atom. The highest BCUT2D eigenvalue weighted by atomic mass is 16.3. The first-order valence-electron chi connectivity index (χ1n) is 14.7. The Kier molecular flexibility index (Phi) is 16.9. The number of hydrogen-bond donors (Lipinski definition) is 9. The van der Waals surface area contributed by atoms with Gasteiger partial charge in [-0.1, -0.05) is 26.0 Å². The lowest BCUT2D eigenvalue weighted by molar-refractivity contribution is -0.135. The van der Waals surface area contributed by atoms with Crippen LogP contribution in [0.25, 0.3) is 0 Å². The zero-order chi connectivity index (χ0) is 32.5. The molecule has 14 nitrogen and oxygen atoms in total. The second kappa shape index (κ2) is 19.4. The zero-order valence-electron chi connectivity index (χ0n) is 25.4. The summed E-state index contributed by atoms with van der Waals surface area (Å²) in [5.74, 6) is -3.32. The predicted molar refractivity (Wildman–Crippen MR) is 163 cm³/mol. The molecule has 5 atom stereocenters. The van der Waals surface area contributed by atoms with E-state index in [1.54, 1.807) is 26.0 Å². The molecular formula is C29H50N8O6. The van der Waals surface area contributed by atoms with Gasteiger partial charge in [-0.3, -0.25) is 24.0 Å². The van der Waals surface area contributed by atoms with Gasteiger partial charge in [-0.25, -0.2) is 0 Å². The number of unbranched alkanes of at least 4 members (excludes halogenated alkanes) is 2. The van der Waals surface area contributed by atoms with E-state index in [2.05, 4.69) is 21.3 Å². The molecule has 1 aromatic rings. The number of benzene rings is 1. The van der Waals surface area contributed by atoms with E-state index in [1.165, 1.54) is 19.1 Å². The van der Waals surface area contributed by atoms with E-state index in [9.17, 15) is 29.1 Å². The van der Waals surface area contributed by atoms with Gasteiger partial charge < -0.3 is 49.3 Å². The number of nitrogens with two attached hydrogens (primary N) is 4. The van der Waals surface area contributed by atoms with Crippen LogP contribution >= 0.6 is 0 Å². The van der Waals surface area contributed by atoms with Gasteiger partial charge in [0.05, 0.1) is 6.04 Å². The quantitative estimate of drug-likeness (QED) is 0.0791. The van der Waals surface area contributed by atoms with Gasteiger partial charge in [-0.2, -0.15) is 0 Å². The summed E-state index contributed by atoms with van der Waals surface area (Å²) in [5, 5.41) is 20.2. The van der Waals surface area contributed by atoms with Crippen LogP contribution in [0.4, 0.5) is 0 Å². The monoisotopic (exact) mass is 606 g/mol. The van der Waals surface area contributed by atoms with Gasteiger partial charge in [0, 0.05) is 6.42 Å². The number of nitrogens with one attached hydrogen (secondary N) is 4. The summed E-state index contributed by atoms with van der Waals surface area (Å²) in [5.41, 5.74) is 23.1. The average molecular weight is 607 g/mol. The van der Waals surface area contributed by atoms with Crippen LogP contribution in [-0.4, -0.2) is 77.9 Å². The summed E-state index contributed by atoms with van der Waals surface area (Å²) in [6.45, 7) is 5.77. The molecule has 0 aliphatic carbocycles. The molecule has 1 aromatic carbocycles. The molecule has 0 heterocycles. The Balaban J connectivity index is 3.13. The Bertz CT molecular complexity index is 1050. The SMILES string of the molecule is CC(C)[C@H](NC(=O)[C@H](C)N)C(=O)N[C@@H](CCCCN)C(=O)N[C@@H](CCCCN)C(=O)N[C@@H](Cc1ccc(O)cc1)C(N)=O. The second-order valence-corrected chi connectivity index (χ2v) is 11.0. The summed E-state index contributed by atoms with van der Waals surface area (Å²) in [7, 11) is 0. The van der Waals surface area contributed by atoms with E-state index in [0.29, 0.717) is 44.3 Å². The summed E-state index contributed by atoms with van der Waals surface area (Å²) in [4.78, 5) is 64.4. The lowest BCUT2D eigenvalue weighted by atomic mass is 10.0. The fourth-order valence-electron chi connectivity index (χ4n) is 4.24. The molecule has 0 bridgehead atoms. The van der Waals surface area contributed by atoms with Crippen molar-refractivity contribution in [3.8, 4) is 5.75 Å². The van der Waals surface area contributed by atoms with E-state index in [-0.39, 0.29) is 30.9 Å². The van der Waals surface area contributed by atoms with Crippen molar-refractivity contribution in [2.45, 2.75) is 95.9 Å². The van der Waals surface area contributed by atoms with Crippen LogP contribution < -0.4 is 44.2 Å². The maximum absolute atomic E-state index is 13.5. The summed E-state index contributed by atoms with van der Waals surface area (Å²) in [6, 6.07) is 1.20. The van der Waals surface area contributed by atoms with Crippen molar-refractivity contribution < 1.29 is 29.1 Å². The minimum absolute atomic E-state index is 0.0511. The number of rotatable bonds is 20. The highest BCUT2D eigenvalue weighted by Gasteiger charge is 2.32. The van der Waals surface area contributed by atoms with Crippen molar-refractivity contribution in [1.82, 2.24) is 21.3 Å². The molecule has 0 saturated carbocycles. The first kappa shape index (κ1) is 37.3. The maximum Gasteiger partial charge on any atom is 0.243 e. The first-order chi connectivity index (χ1) is 20.3. The Hall–Kier alpha value is -3.75. The zero-order valence-corrected chi connectivity index (χ0v) is 25.4.